The Morgan fingerprint density at radius 2 is 0.773 bits per heavy atom. The second-order valence-electron chi connectivity index (χ2n) is 3.05. The summed E-state index contributed by atoms with van der Waals surface area (Å²) < 4.78 is 0. The van der Waals surface area contributed by atoms with Crippen LogP contribution in [0, 0.1) is 41.3 Å². The van der Waals surface area contributed by atoms with Crippen LogP contribution in [0.2, 0.25) is 0 Å². The van der Waals surface area contributed by atoms with Gasteiger partial charge in [0.15, 0.2) is 0 Å². The van der Waals surface area contributed by atoms with Crippen molar-refractivity contribution >= 4 is 17.9 Å². The zero-order chi connectivity index (χ0) is 17.6. The van der Waals surface area contributed by atoms with Gasteiger partial charge in [-0.1, -0.05) is 0 Å². The molecule has 0 saturated heterocycles. The van der Waals surface area contributed by atoms with Gasteiger partial charge < -0.3 is 60.3 Å². The molecule has 0 aromatic carbocycles. The predicted molar refractivity (Wildman–Crippen MR) is 54.3 cm³/mol. The van der Waals surface area contributed by atoms with Crippen molar-refractivity contribution in [2.45, 2.75) is 18.3 Å². The Kier molecular flexibility index (Phi) is 24.9. The largest absolute Gasteiger partial charge is 3.00 e. The Hall–Kier alpha value is -0.466. The average Bonchev–Trinajstić information content (AvgIpc) is 2.45. The Bertz CT molecular complexity index is 261. The van der Waals surface area contributed by atoms with Gasteiger partial charge in [-0.05, 0) is 0 Å². The molecule has 22 heavy (non-hydrogen) atoms. The molecule has 3 unspecified atom stereocenters. The van der Waals surface area contributed by atoms with Crippen LogP contribution in [0.5, 0.6) is 0 Å². The van der Waals surface area contributed by atoms with Crippen molar-refractivity contribution in [3.63, 3.8) is 0 Å². The molecule has 0 heterocycles. The fourth-order valence-corrected chi connectivity index (χ4v) is 0.224. The maximum absolute atomic E-state index is 9.41. The smallest absolute Gasteiger partial charge is 0.547 e. The summed E-state index contributed by atoms with van der Waals surface area (Å²) in [7, 11) is 0. The first-order chi connectivity index (χ1) is 9.54. The van der Waals surface area contributed by atoms with Crippen LogP contribution in [0.4, 0.5) is 0 Å². The molecule has 0 amide bonds. The second kappa shape index (κ2) is 18.6. The van der Waals surface area contributed by atoms with Crippen LogP contribution in [0.15, 0.2) is 0 Å². The minimum absolute atomic E-state index is 0. The van der Waals surface area contributed by atoms with E-state index in [1.54, 1.807) is 0 Å². The van der Waals surface area contributed by atoms with E-state index in [0.29, 0.717) is 0 Å². The molecule has 0 aliphatic carbocycles. The van der Waals surface area contributed by atoms with Gasteiger partial charge in [0, 0.05) is 0 Å². The first-order valence-corrected chi connectivity index (χ1v) is 5.04. The van der Waals surface area contributed by atoms with Crippen molar-refractivity contribution in [3.05, 3.63) is 0 Å². The first-order valence-electron chi connectivity index (χ1n) is 5.04. The molecule has 12 nitrogen and oxygen atoms in total. The number of hydrogen-bond donors (Lipinski definition) is 6. The van der Waals surface area contributed by atoms with Crippen molar-refractivity contribution < 1.29 is 102 Å². The third-order valence-electron chi connectivity index (χ3n) is 1.34. The van der Waals surface area contributed by atoms with Crippen molar-refractivity contribution in [2.24, 2.45) is 0 Å². The van der Waals surface area contributed by atoms with E-state index in [-0.39, 0.29) is 41.3 Å². The van der Waals surface area contributed by atoms with Gasteiger partial charge in [-0.2, -0.15) is 0 Å². The van der Waals surface area contributed by atoms with Crippen molar-refractivity contribution in [1.29, 1.82) is 0 Å². The molecule has 0 radical (unpaired) electrons. The second-order valence-corrected chi connectivity index (χ2v) is 3.05. The van der Waals surface area contributed by atoms with Gasteiger partial charge in [0.05, 0.1) is 37.7 Å². The van der Waals surface area contributed by atoms with Crippen LogP contribution < -0.4 is 15.3 Å². The van der Waals surface area contributed by atoms with E-state index in [1.165, 1.54) is 0 Å². The van der Waals surface area contributed by atoms with Crippen molar-refractivity contribution in [3.8, 4) is 0 Å². The van der Waals surface area contributed by atoms with Crippen LogP contribution in [0.25, 0.3) is 0 Å². The summed E-state index contributed by atoms with van der Waals surface area (Å²) in [5, 5.41) is 75.8. The van der Waals surface area contributed by atoms with E-state index in [2.05, 4.69) is 0 Å². The molecule has 0 aromatic rings. The molecule has 0 aliphatic rings. The molecule has 13 heteroatoms. The summed E-state index contributed by atoms with van der Waals surface area (Å²) in [6, 6.07) is 0. The number of aliphatic carboxylic acids is 3. The van der Waals surface area contributed by atoms with Gasteiger partial charge in [0.25, 0.3) is 0 Å². The molecule has 0 aromatic heterocycles. The Morgan fingerprint density at radius 1 is 0.636 bits per heavy atom. The SMILES string of the molecule is O=C([O-])C(O)CO.O=C([O-])C(O)CO.O=C([O-])C(O)CO.[Pr+3]. The summed E-state index contributed by atoms with van der Waals surface area (Å²) in [6.45, 7) is -2.37. The van der Waals surface area contributed by atoms with Crippen LogP contribution in [-0.4, -0.2) is 86.7 Å². The molecule has 6 N–H and O–H groups in total. The van der Waals surface area contributed by atoms with Gasteiger partial charge in [0.1, 0.15) is 18.3 Å². The molecule has 126 valence electrons. The van der Waals surface area contributed by atoms with Crippen LogP contribution in [0.1, 0.15) is 0 Å². The number of rotatable bonds is 6. The summed E-state index contributed by atoms with van der Waals surface area (Å²) in [4.78, 5) is 28.2. The zero-order valence-corrected chi connectivity index (χ0v) is 14.8. The fourth-order valence-electron chi connectivity index (χ4n) is 0.224. The molecular formula is C9H15O12Pr. The normalized spacial score (nSPS) is 12.8. The molecule has 0 aliphatic heterocycles. The van der Waals surface area contributed by atoms with Crippen LogP contribution in [0.3, 0.4) is 0 Å². The van der Waals surface area contributed by atoms with E-state index >= 15 is 0 Å². The number of aliphatic hydroxyl groups is 6. The van der Waals surface area contributed by atoms with E-state index in [4.69, 9.17) is 30.6 Å². The van der Waals surface area contributed by atoms with Crippen LogP contribution in [-0.2, 0) is 14.4 Å². The standard InChI is InChI=1S/3C3H6O4.Pr/c3*4-1-2(5)3(6)7;/h3*2,4-5H,1H2,(H,6,7);/q;;;+3/p-3. The molecule has 3 atom stereocenters. The maximum Gasteiger partial charge on any atom is 3.00 e. The fraction of sp³-hybridized carbons (Fsp3) is 0.667. The number of carboxylic acids is 3. The maximum atomic E-state index is 9.41. The van der Waals surface area contributed by atoms with E-state index < -0.39 is 56.0 Å². The Balaban J connectivity index is -0.000000108. The van der Waals surface area contributed by atoms with E-state index in [9.17, 15) is 29.7 Å². The molecule has 0 fully saturated rings. The minimum Gasteiger partial charge on any atom is -0.547 e. The quantitative estimate of drug-likeness (QED) is 0.218. The monoisotopic (exact) mass is 456 g/mol. The number of aliphatic hydroxyl groups excluding tert-OH is 6. The van der Waals surface area contributed by atoms with Gasteiger partial charge in [-0.25, -0.2) is 0 Å². The third-order valence-corrected chi connectivity index (χ3v) is 1.34. The summed E-state index contributed by atoms with van der Waals surface area (Å²) in [5.74, 6) is -4.95. The topological polar surface area (TPSA) is 242 Å². The molecule has 0 saturated carbocycles. The van der Waals surface area contributed by atoms with Crippen LogP contribution >= 0.6 is 0 Å². The van der Waals surface area contributed by atoms with Crippen molar-refractivity contribution in [1.82, 2.24) is 0 Å². The minimum atomic E-state index is -1.74. The third kappa shape index (κ3) is 21.8. The number of carbonyl (C=O) groups is 3. The van der Waals surface area contributed by atoms with Gasteiger partial charge in [0.2, 0.25) is 0 Å². The average molecular weight is 456 g/mol. The Morgan fingerprint density at radius 3 is 0.773 bits per heavy atom. The van der Waals surface area contributed by atoms with Crippen molar-refractivity contribution in [2.75, 3.05) is 19.8 Å². The molecule has 0 rings (SSSR count). The predicted octanol–water partition coefficient (Wildman–Crippen LogP) is -8.73. The van der Waals surface area contributed by atoms with Gasteiger partial charge in [-0.15, -0.1) is 0 Å². The van der Waals surface area contributed by atoms with E-state index in [1.807, 2.05) is 0 Å². The van der Waals surface area contributed by atoms with Gasteiger partial charge >= 0.3 is 41.3 Å². The van der Waals surface area contributed by atoms with Gasteiger partial charge in [-0.3, -0.25) is 0 Å². The number of hydrogen-bond acceptors (Lipinski definition) is 12. The molecule has 0 bridgehead atoms. The summed E-state index contributed by atoms with van der Waals surface area (Å²) >= 11 is 0. The molecule has 0 spiro atoms. The summed E-state index contributed by atoms with van der Waals surface area (Å²) in [6.07, 6.45) is -5.21. The zero-order valence-electron chi connectivity index (χ0n) is 11.1. The number of carboxylic acid groups (broad SMARTS) is 3. The van der Waals surface area contributed by atoms with E-state index in [0.717, 1.165) is 0 Å². The number of carbonyl (C=O) groups excluding carboxylic acids is 3. The first kappa shape index (κ1) is 29.5. The Labute approximate surface area is 157 Å². The summed E-state index contributed by atoms with van der Waals surface area (Å²) in [5.41, 5.74) is 0. The molecular weight excluding hydrogens is 441 g/mol.